The first-order valence-electron chi connectivity index (χ1n) is 5.46. The summed E-state index contributed by atoms with van der Waals surface area (Å²) in [5.41, 5.74) is 0.297. The highest BCUT2D eigenvalue weighted by atomic mass is 15.3. The molecule has 0 aromatic rings. The molecule has 3 nitrogen and oxygen atoms in total. The van der Waals surface area contributed by atoms with Gasteiger partial charge in [0.05, 0.1) is 5.66 Å². The molecule has 76 valence electrons. The molecule has 3 heteroatoms. The number of rotatable bonds is 1. The van der Waals surface area contributed by atoms with Crippen LogP contribution >= 0.6 is 0 Å². The van der Waals surface area contributed by atoms with Crippen molar-refractivity contribution in [3.05, 3.63) is 0 Å². The molecule has 0 aromatic carbocycles. The third kappa shape index (κ3) is 1.87. The summed E-state index contributed by atoms with van der Waals surface area (Å²) >= 11 is 0. The second-order valence-corrected chi connectivity index (χ2v) is 4.57. The van der Waals surface area contributed by atoms with Gasteiger partial charge in [-0.2, -0.15) is 0 Å². The van der Waals surface area contributed by atoms with E-state index in [0.717, 1.165) is 13.1 Å². The number of hydrogen-bond acceptors (Lipinski definition) is 3. The van der Waals surface area contributed by atoms with E-state index in [-0.39, 0.29) is 0 Å². The molecule has 0 saturated carbocycles. The van der Waals surface area contributed by atoms with Crippen LogP contribution in [0.3, 0.4) is 0 Å². The highest BCUT2D eigenvalue weighted by Gasteiger charge is 2.36. The molecule has 2 heterocycles. The van der Waals surface area contributed by atoms with Crippen molar-refractivity contribution in [2.45, 2.75) is 38.4 Å². The minimum absolute atomic E-state index is 0.297. The zero-order chi connectivity index (χ0) is 9.31. The summed E-state index contributed by atoms with van der Waals surface area (Å²) in [5.74, 6) is 0. The summed E-state index contributed by atoms with van der Waals surface area (Å²) in [7, 11) is 0. The first-order chi connectivity index (χ1) is 6.22. The molecule has 1 spiro atoms. The fourth-order valence-corrected chi connectivity index (χ4v) is 2.44. The van der Waals surface area contributed by atoms with Gasteiger partial charge < -0.3 is 4.90 Å². The first kappa shape index (κ1) is 9.44. The molecule has 0 radical (unpaired) electrons. The summed E-state index contributed by atoms with van der Waals surface area (Å²) in [4.78, 5) is 2.56. The van der Waals surface area contributed by atoms with E-state index < -0.39 is 0 Å². The van der Waals surface area contributed by atoms with Gasteiger partial charge in [-0.05, 0) is 26.7 Å². The van der Waals surface area contributed by atoms with E-state index in [1.165, 1.54) is 25.9 Å². The Morgan fingerprint density at radius 1 is 1.08 bits per heavy atom. The van der Waals surface area contributed by atoms with Gasteiger partial charge in [0.2, 0.25) is 0 Å². The van der Waals surface area contributed by atoms with Gasteiger partial charge in [0.25, 0.3) is 0 Å². The van der Waals surface area contributed by atoms with Gasteiger partial charge in [-0.15, -0.1) is 0 Å². The normalized spacial score (nSPS) is 28.8. The van der Waals surface area contributed by atoms with Crippen LogP contribution in [0.5, 0.6) is 0 Å². The minimum Gasteiger partial charge on any atom is -0.301 e. The van der Waals surface area contributed by atoms with Crippen LogP contribution < -0.4 is 10.6 Å². The molecular formula is C10H21N3. The third-order valence-electron chi connectivity index (χ3n) is 3.43. The SMILES string of the molecule is CC(C)N1CCC2(CC1)NCCN2. The lowest BCUT2D eigenvalue weighted by Crippen LogP contribution is -2.57. The molecule has 2 fully saturated rings. The lowest BCUT2D eigenvalue weighted by Gasteiger charge is -2.41. The van der Waals surface area contributed by atoms with Crippen LogP contribution in [0.1, 0.15) is 26.7 Å². The molecule has 13 heavy (non-hydrogen) atoms. The zero-order valence-electron chi connectivity index (χ0n) is 8.77. The molecule has 0 aromatic heterocycles. The van der Waals surface area contributed by atoms with Gasteiger partial charge in [-0.1, -0.05) is 0 Å². The third-order valence-corrected chi connectivity index (χ3v) is 3.43. The average molecular weight is 183 g/mol. The zero-order valence-corrected chi connectivity index (χ0v) is 8.77. The second kappa shape index (κ2) is 3.56. The summed E-state index contributed by atoms with van der Waals surface area (Å²) in [6.07, 6.45) is 2.51. The van der Waals surface area contributed by atoms with Gasteiger partial charge in [0.15, 0.2) is 0 Å². The van der Waals surface area contributed by atoms with Crippen molar-refractivity contribution < 1.29 is 0 Å². The Morgan fingerprint density at radius 3 is 2.08 bits per heavy atom. The Morgan fingerprint density at radius 2 is 1.62 bits per heavy atom. The number of piperidine rings is 1. The quantitative estimate of drug-likeness (QED) is 0.615. The van der Waals surface area contributed by atoms with Crippen molar-refractivity contribution in [2.24, 2.45) is 0 Å². The Balaban J connectivity index is 1.88. The molecule has 0 atom stereocenters. The molecule has 2 rings (SSSR count). The number of nitrogens with one attached hydrogen (secondary N) is 2. The molecule has 0 bridgehead atoms. The smallest absolute Gasteiger partial charge is 0.0712 e. The lowest BCUT2D eigenvalue weighted by atomic mass is 9.97. The van der Waals surface area contributed by atoms with Crippen LogP contribution in [0.15, 0.2) is 0 Å². The maximum atomic E-state index is 3.59. The molecule has 0 unspecified atom stereocenters. The number of nitrogens with zero attached hydrogens (tertiary/aromatic N) is 1. The predicted octanol–water partition coefficient (Wildman–Crippen LogP) is 0.380. The van der Waals surface area contributed by atoms with E-state index in [2.05, 4.69) is 29.4 Å². The highest BCUT2D eigenvalue weighted by molar-refractivity contribution is 4.95. The van der Waals surface area contributed by atoms with Crippen LogP contribution in [0.4, 0.5) is 0 Å². The molecule has 0 aliphatic carbocycles. The molecular weight excluding hydrogens is 162 g/mol. The van der Waals surface area contributed by atoms with E-state index in [9.17, 15) is 0 Å². The van der Waals surface area contributed by atoms with E-state index in [0.29, 0.717) is 11.7 Å². The van der Waals surface area contributed by atoms with Crippen molar-refractivity contribution in [3.8, 4) is 0 Å². The van der Waals surface area contributed by atoms with E-state index in [4.69, 9.17) is 0 Å². The highest BCUT2D eigenvalue weighted by Crippen LogP contribution is 2.22. The average Bonchev–Trinajstić information content (AvgIpc) is 2.54. The molecule has 0 amide bonds. The Hall–Kier alpha value is -0.120. The summed E-state index contributed by atoms with van der Waals surface area (Å²) in [5, 5.41) is 7.19. The largest absolute Gasteiger partial charge is 0.301 e. The Kier molecular flexibility index (Phi) is 2.58. The summed E-state index contributed by atoms with van der Waals surface area (Å²) in [6.45, 7) is 9.32. The van der Waals surface area contributed by atoms with Crippen molar-refractivity contribution in [2.75, 3.05) is 26.2 Å². The molecule has 2 saturated heterocycles. The Bertz CT molecular complexity index is 163. The molecule has 2 aliphatic heterocycles. The number of likely N-dealkylation sites (tertiary alicyclic amines) is 1. The maximum absolute atomic E-state index is 3.59. The van der Waals surface area contributed by atoms with E-state index in [1.54, 1.807) is 0 Å². The van der Waals surface area contributed by atoms with E-state index >= 15 is 0 Å². The summed E-state index contributed by atoms with van der Waals surface area (Å²) in [6, 6.07) is 0.707. The van der Waals surface area contributed by atoms with Crippen molar-refractivity contribution >= 4 is 0 Å². The van der Waals surface area contributed by atoms with E-state index in [1.807, 2.05) is 0 Å². The van der Waals surface area contributed by atoms with Crippen LogP contribution in [0, 0.1) is 0 Å². The van der Waals surface area contributed by atoms with Gasteiger partial charge >= 0.3 is 0 Å². The van der Waals surface area contributed by atoms with Gasteiger partial charge in [-0.25, -0.2) is 0 Å². The number of hydrogen-bond donors (Lipinski definition) is 2. The van der Waals surface area contributed by atoms with Crippen molar-refractivity contribution in [1.82, 2.24) is 15.5 Å². The van der Waals surface area contributed by atoms with Gasteiger partial charge in [0.1, 0.15) is 0 Å². The first-order valence-corrected chi connectivity index (χ1v) is 5.46. The van der Waals surface area contributed by atoms with Crippen LogP contribution in [-0.2, 0) is 0 Å². The Labute approximate surface area is 80.9 Å². The fraction of sp³-hybridized carbons (Fsp3) is 1.00. The monoisotopic (exact) mass is 183 g/mol. The van der Waals surface area contributed by atoms with Crippen LogP contribution in [-0.4, -0.2) is 42.8 Å². The second-order valence-electron chi connectivity index (χ2n) is 4.57. The van der Waals surface area contributed by atoms with Gasteiger partial charge in [-0.3, -0.25) is 10.6 Å². The van der Waals surface area contributed by atoms with Crippen LogP contribution in [0.25, 0.3) is 0 Å². The van der Waals surface area contributed by atoms with Crippen molar-refractivity contribution in [3.63, 3.8) is 0 Å². The van der Waals surface area contributed by atoms with Crippen molar-refractivity contribution in [1.29, 1.82) is 0 Å². The van der Waals surface area contributed by atoms with Crippen LogP contribution in [0.2, 0.25) is 0 Å². The summed E-state index contributed by atoms with van der Waals surface area (Å²) < 4.78 is 0. The lowest BCUT2D eigenvalue weighted by molar-refractivity contribution is 0.110. The van der Waals surface area contributed by atoms with Gasteiger partial charge in [0, 0.05) is 32.2 Å². The molecule has 2 aliphatic rings. The minimum atomic E-state index is 0.297. The predicted molar refractivity (Wildman–Crippen MR) is 54.7 cm³/mol. The molecule has 2 N–H and O–H groups in total. The fourth-order valence-electron chi connectivity index (χ4n) is 2.44. The topological polar surface area (TPSA) is 27.3 Å². The standard InChI is InChI=1S/C10H21N3/c1-9(2)13-7-3-10(4-8-13)11-5-6-12-10/h9,11-12H,3-8H2,1-2H3. The maximum Gasteiger partial charge on any atom is 0.0712 e.